The normalized spacial score (nSPS) is 22.2. The molecule has 21 heavy (non-hydrogen) atoms. The molecule has 5 heteroatoms. The van der Waals surface area contributed by atoms with Crippen LogP contribution in [-0.2, 0) is 6.42 Å². The summed E-state index contributed by atoms with van der Waals surface area (Å²) in [5, 5.41) is 0. The smallest absolute Gasteiger partial charge is 0.118 e. The highest BCUT2D eigenvalue weighted by atomic mass is 16.5. The Balaban J connectivity index is 1.91. The summed E-state index contributed by atoms with van der Waals surface area (Å²) in [6, 6.07) is 9.06. The molecule has 118 valence electrons. The minimum Gasteiger partial charge on any atom is -0.497 e. The van der Waals surface area contributed by atoms with Gasteiger partial charge in [-0.25, -0.2) is 0 Å². The first-order valence-corrected chi connectivity index (χ1v) is 7.62. The number of hydrogen-bond donors (Lipinski definition) is 2. The number of nitrogens with one attached hydrogen (secondary N) is 1. The van der Waals surface area contributed by atoms with E-state index in [-0.39, 0.29) is 0 Å². The van der Waals surface area contributed by atoms with E-state index in [0.717, 1.165) is 38.2 Å². The lowest BCUT2D eigenvalue weighted by atomic mass is 9.97. The molecule has 0 aliphatic carbocycles. The Morgan fingerprint density at radius 3 is 2.62 bits per heavy atom. The molecule has 5 nitrogen and oxygen atoms in total. The number of ether oxygens (including phenoxy) is 1. The lowest BCUT2D eigenvalue weighted by molar-refractivity contribution is 0.0854. The number of nitrogens with zero attached hydrogens (tertiary/aromatic N) is 2. The van der Waals surface area contributed by atoms with E-state index in [2.05, 4.69) is 41.5 Å². The third kappa shape index (κ3) is 4.41. The summed E-state index contributed by atoms with van der Waals surface area (Å²) in [4.78, 5) is 4.79. The van der Waals surface area contributed by atoms with E-state index >= 15 is 0 Å². The first-order chi connectivity index (χ1) is 10.1. The van der Waals surface area contributed by atoms with Gasteiger partial charge in [-0.2, -0.15) is 0 Å². The number of aryl methyl sites for hydroxylation is 1. The van der Waals surface area contributed by atoms with Crippen molar-refractivity contribution in [2.45, 2.75) is 24.9 Å². The number of rotatable bonds is 6. The van der Waals surface area contributed by atoms with Crippen LogP contribution < -0.4 is 16.0 Å². The van der Waals surface area contributed by atoms with Gasteiger partial charge in [-0.05, 0) is 44.6 Å². The Morgan fingerprint density at radius 2 is 2.00 bits per heavy atom. The molecule has 0 saturated carbocycles. The molecule has 1 heterocycles. The van der Waals surface area contributed by atoms with Gasteiger partial charge in [0.1, 0.15) is 5.75 Å². The van der Waals surface area contributed by atoms with Gasteiger partial charge in [0, 0.05) is 31.7 Å². The van der Waals surface area contributed by atoms with Crippen molar-refractivity contribution in [3.8, 4) is 5.75 Å². The first-order valence-electron chi connectivity index (χ1n) is 7.62. The van der Waals surface area contributed by atoms with Crippen molar-refractivity contribution >= 4 is 0 Å². The Bertz CT molecular complexity index is 423. The van der Waals surface area contributed by atoms with Gasteiger partial charge in [0.15, 0.2) is 0 Å². The Labute approximate surface area is 128 Å². The van der Waals surface area contributed by atoms with Crippen LogP contribution in [0.5, 0.6) is 5.75 Å². The van der Waals surface area contributed by atoms with Crippen molar-refractivity contribution in [1.29, 1.82) is 0 Å². The van der Waals surface area contributed by atoms with Crippen LogP contribution >= 0.6 is 0 Å². The molecule has 1 aromatic carbocycles. The molecule has 1 aromatic rings. The topological polar surface area (TPSA) is 53.8 Å². The van der Waals surface area contributed by atoms with Crippen molar-refractivity contribution in [3.63, 3.8) is 0 Å². The maximum atomic E-state index is 5.81. The second kappa shape index (κ2) is 7.75. The molecule has 0 bridgehead atoms. The van der Waals surface area contributed by atoms with Crippen LogP contribution in [0.4, 0.5) is 0 Å². The molecule has 0 aromatic heterocycles. The number of nitrogens with two attached hydrogens (primary N) is 1. The zero-order valence-corrected chi connectivity index (χ0v) is 13.4. The number of piperazine rings is 1. The van der Waals surface area contributed by atoms with Crippen molar-refractivity contribution < 1.29 is 4.74 Å². The minimum absolute atomic E-state index is 0.305. The highest BCUT2D eigenvalue weighted by Gasteiger charge is 2.28. The van der Waals surface area contributed by atoms with E-state index in [1.807, 2.05) is 12.1 Å². The number of hydrogen-bond acceptors (Lipinski definition) is 5. The SMILES string of the molecule is COc1ccc(CCC(NN)C2CN(C)CCN2C)cc1. The quantitative estimate of drug-likeness (QED) is 0.597. The van der Waals surface area contributed by atoms with Crippen LogP contribution in [-0.4, -0.2) is 62.7 Å². The fourth-order valence-corrected chi connectivity index (χ4v) is 2.98. The highest BCUT2D eigenvalue weighted by Crippen LogP contribution is 2.16. The molecule has 1 aliphatic heterocycles. The summed E-state index contributed by atoms with van der Waals surface area (Å²) in [5.74, 6) is 6.71. The number of likely N-dealkylation sites (N-methyl/N-ethyl adjacent to an activating group) is 2. The molecule has 2 rings (SSSR count). The molecule has 1 fully saturated rings. The lowest BCUT2D eigenvalue weighted by Gasteiger charge is -2.41. The predicted molar refractivity (Wildman–Crippen MR) is 86.3 cm³/mol. The minimum atomic E-state index is 0.305. The van der Waals surface area contributed by atoms with Crippen molar-refractivity contribution in [2.24, 2.45) is 5.84 Å². The van der Waals surface area contributed by atoms with Gasteiger partial charge < -0.3 is 9.64 Å². The van der Waals surface area contributed by atoms with Crippen LogP contribution in [0.25, 0.3) is 0 Å². The second-order valence-electron chi connectivity index (χ2n) is 5.97. The van der Waals surface area contributed by atoms with Crippen LogP contribution in [0.1, 0.15) is 12.0 Å². The number of methoxy groups -OCH3 is 1. The highest BCUT2D eigenvalue weighted by molar-refractivity contribution is 5.27. The molecule has 0 radical (unpaired) electrons. The molecule has 0 spiro atoms. The zero-order valence-electron chi connectivity index (χ0n) is 13.4. The van der Waals surface area contributed by atoms with E-state index in [4.69, 9.17) is 10.6 Å². The van der Waals surface area contributed by atoms with E-state index in [0.29, 0.717) is 12.1 Å². The summed E-state index contributed by atoms with van der Waals surface area (Å²) in [5.41, 5.74) is 4.34. The summed E-state index contributed by atoms with van der Waals surface area (Å²) in [6.45, 7) is 3.29. The van der Waals surface area contributed by atoms with E-state index in [1.165, 1.54) is 5.56 Å². The van der Waals surface area contributed by atoms with E-state index < -0.39 is 0 Å². The molecule has 2 unspecified atom stereocenters. The van der Waals surface area contributed by atoms with Crippen molar-refractivity contribution in [3.05, 3.63) is 29.8 Å². The molecule has 1 aliphatic rings. The van der Waals surface area contributed by atoms with Crippen LogP contribution in [0, 0.1) is 0 Å². The summed E-state index contributed by atoms with van der Waals surface area (Å²) in [7, 11) is 6.06. The maximum absolute atomic E-state index is 5.81. The number of benzene rings is 1. The third-order valence-corrected chi connectivity index (χ3v) is 4.48. The van der Waals surface area contributed by atoms with E-state index in [1.54, 1.807) is 7.11 Å². The van der Waals surface area contributed by atoms with Gasteiger partial charge in [-0.1, -0.05) is 12.1 Å². The summed E-state index contributed by atoms with van der Waals surface area (Å²) < 4.78 is 5.19. The zero-order chi connectivity index (χ0) is 15.2. The first kappa shape index (κ1) is 16.2. The molecular formula is C16H28N4O. The largest absolute Gasteiger partial charge is 0.497 e. The fraction of sp³-hybridized carbons (Fsp3) is 0.625. The average Bonchev–Trinajstić information content (AvgIpc) is 2.51. The van der Waals surface area contributed by atoms with Crippen LogP contribution in [0.3, 0.4) is 0 Å². The predicted octanol–water partition coefficient (Wildman–Crippen LogP) is 0.706. The molecular weight excluding hydrogens is 264 g/mol. The Morgan fingerprint density at radius 1 is 1.29 bits per heavy atom. The molecule has 1 saturated heterocycles. The standard InChI is InChI=1S/C16H28N4O/c1-19-10-11-20(2)16(12-19)15(18-17)9-6-13-4-7-14(21-3)8-5-13/h4-5,7-8,15-16,18H,6,9-12,17H2,1-3H3. The average molecular weight is 292 g/mol. The molecule has 3 N–H and O–H groups in total. The fourth-order valence-electron chi connectivity index (χ4n) is 2.98. The Hall–Kier alpha value is -1.14. The third-order valence-electron chi connectivity index (χ3n) is 4.48. The second-order valence-corrected chi connectivity index (χ2v) is 5.97. The van der Waals surface area contributed by atoms with Gasteiger partial charge >= 0.3 is 0 Å². The van der Waals surface area contributed by atoms with Crippen molar-refractivity contribution in [1.82, 2.24) is 15.2 Å². The van der Waals surface area contributed by atoms with Gasteiger partial charge in [0.05, 0.1) is 7.11 Å². The van der Waals surface area contributed by atoms with Gasteiger partial charge in [0.25, 0.3) is 0 Å². The van der Waals surface area contributed by atoms with Crippen LogP contribution in [0.15, 0.2) is 24.3 Å². The Kier molecular flexibility index (Phi) is 5.99. The molecule has 0 amide bonds. The lowest BCUT2D eigenvalue weighted by Crippen LogP contribution is -2.60. The van der Waals surface area contributed by atoms with E-state index in [9.17, 15) is 0 Å². The summed E-state index contributed by atoms with van der Waals surface area (Å²) in [6.07, 6.45) is 2.05. The monoisotopic (exact) mass is 292 g/mol. The van der Waals surface area contributed by atoms with Gasteiger partial charge in [0.2, 0.25) is 0 Å². The van der Waals surface area contributed by atoms with Crippen molar-refractivity contribution in [2.75, 3.05) is 40.8 Å². The summed E-state index contributed by atoms with van der Waals surface area (Å²) >= 11 is 0. The maximum Gasteiger partial charge on any atom is 0.118 e. The molecule has 2 atom stereocenters. The van der Waals surface area contributed by atoms with Gasteiger partial charge in [-0.3, -0.25) is 16.2 Å². The number of hydrazine groups is 1. The van der Waals surface area contributed by atoms with Crippen LogP contribution in [0.2, 0.25) is 0 Å². The van der Waals surface area contributed by atoms with Gasteiger partial charge in [-0.15, -0.1) is 0 Å².